The van der Waals surface area contributed by atoms with Gasteiger partial charge in [-0.05, 0) is 68.3 Å². The molecule has 2 amide bonds. The van der Waals surface area contributed by atoms with Crippen LogP contribution in [-0.2, 0) is 26.2 Å². The number of carbonyl (C=O) groups is 2. The van der Waals surface area contributed by atoms with Crippen LogP contribution >= 0.6 is 0 Å². The molecule has 1 unspecified atom stereocenters. The number of aryl methyl sites for hydroxylation is 1. The number of ether oxygens (including phenoxy) is 1. The number of hydrogen-bond donors (Lipinski definition) is 1. The molecule has 37 heavy (non-hydrogen) atoms. The number of carbonyl (C=O) groups excluding carboxylic acids is 2. The van der Waals surface area contributed by atoms with E-state index >= 15 is 0 Å². The van der Waals surface area contributed by atoms with Crippen molar-refractivity contribution in [2.75, 3.05) is 24.5 Å². The molecule has 3 rings (SSSR count). The number of hydrogen-bond acceptors (Lipinski definition) is 5. The second-order valence-electron chi connectivity index (χ2n) is 8.54. The molecule has 0 radical (unpaired) electrons. The molecule has 0 bridgehead atoms. The van der Waals surface area contributed by atoms with Crippen LogP contribution in [0.1, 0.15) is 25.0 Å². The highest BCUT2D eigenvalue weighted by Gasteiger charge is 2.32. The minimum atomic E-state index is -4.10. The molecule has 0 aliphatic rings. The van der Waals surface area contributed by atoms with Crippen LogP contribution in [0.5, 0.6) is 5.75 Å². The van der Waals surface area contributed by atoms with Crippen LogP contribution in [0.2, 0.25) is 0 Å². The first-order valence-corrected chi connectivity index (χ1v) is 13.5. The van der Waals surface area contributed by atoms with Crippen LogP contribution in [0, 0.1) is 6.92 Å². The first-order valence-electron chi connectivity index (χ1n) is 12.0. The Hall–Kier alpha value is -3.85. The van der Waals surface area contributed by atoms with E-state index < -0.39 is 28.5 Å². The number of amides is 2. The fraction of sp³-hybridized carbons (Fsp3) is 0.286. The molecule has 0 aromatic heterocycles. The third kappa shape index (κ3) is 6.68. The van der Waals surface area contributed by atoms with E-state index in [1.807, 2.05) is 31.2 Å². The highest BCUT2D eigenvalue weighted by Crippen LogP contribution is 2.26. The van der Waals surface area contributed by atoms with Crippen LogP contribution < -0.4 is 14.4 Å². The van der Waals surface area contributed by atoms with Gasteiger partial charge in [0.1, 0.15) is 18.3 Å². The van der Waals surface area contributed by atoms with Gasteiger partial charge < -0.3 is 15.0 Å². The van der Waals surface area contributed by atoms with Gasteiger partial charge in [-0.2, -0.15) is 0 Å². The fourth-order valence-electron chi connectivity index (χ4n) is 3.87. The summed E-state index contributed by atoms with van der Waals surface area (Å²) in [5.41, 5.74) is 2.14. The van der Waals surface area contributed by atoms with Gasteiger partial charge in [0.15, 0.2) is 0 Å². The number of benzene rings is 3. The predicted octanol–water partition coefficient (Wildman–Crippen LogP) is 3.75. The number of likely N-dealkylation sites (N-methyl/N-ethyl adjacent to an activating group) is 1. The Balaban J connectivity index is 2.03. The molecule has 9 heteroatoms. The zero-order valence-corrected chi connectivity index (χ0v) is 22.4. The topological polar surface area (TPSA) is 96.0 Å². The van der Waals surface area contributed by atoms with Gasteiger partial charge in [-0.3, -0.25) is 13.9 Å². The van der Waals surface area contributed by atoms with E-state index in [0.717, 1.165) is 15.4 Å². The normalized spacial score (nSPS) is 11.9. The summed E-state index contributed by atoms with van der Waals surface area (Å²) in [6.45, 7) is 5.46. The van der Waals surface area contributed by atoms with Crippen LogP contribution in [-0.4, -0.2) is 51.4 Å². The van der Waals surface area contributed by atoms with Gasteiger partial charge in [-0.15, -0.1) is 0 Å². The number of nitrogens with one attached hydrogen (secondary N) is 1. The highest BCUT2D eigenvalue weighted by molar-refractivity contribution is 7.92. The van der Waals surface area contributed by atoms with E-state index in [2.05, 4.69) is 5.32 Å². The molecule has 0 aliphatic heterocycles. The first-order chi connectivity index (χ1) is 17.7. The van der Waals surface area contributed by atoms with Crippen LogP contribution in [0.3, 0.4) is 0 Å². The molecule has 8 nitrogen and oxygen atoms in total. The third-order valence-electron chi connectivity index (χ3n) is 6.09. The van der Waals surface area contributed by atoms with Crippen LogP contribution in [0.4, 0.5) is 5.69 Å². The molecule has 0 heterocycles. The fourth-order valence-corrected chi connectivity index (χ4v) is 5.31. The Labute approximate surface area is 218 Å². The van der Waals surface area contributed by atoms with Gasteiger partial charge in [0.05, 0.1) is 17.7 Å². The maximum Gasteiger partial charge on any atom is 0.264 e. The van der Waals surface area contributed by atoms with Gasteiger partial charge in [-0.1, -0.05) is 42.5 Å². The number of nitrogens with zero attached hydrogens (tertiary/aromatic N) is 2. The van der Waals surface area contributed by atoms with Crippen molar-refractivity contribution in [3.05, 3.63) is 90.0 Å². The van der Waals surface area contributed by atoms with Crippen molar-refractivity contribution >= 4 is 27.5 Å². The Morgan fingerprint density at radius 2 is 1.57 bits per heavy atom. The van der Waals surface area contributed by atoms with Crippen molar-refractivity contribution < 1.29 is 22.7 Å². The Morgan fingerprint density at radius 1 is 0.946 bits per heavy atom. The number of methoxy groups -OCH3 is 1. The molecule has 0 spiro atoms. The first kappa shape index (κ1) is 27.7. The van der Waals surface area contributed by atoms with Gasteiger partial charge in [0.25, 0.3) is 10.0 Å². The Kier molecular flexibility index (Phi) is 9.30. The number of rotatable bonds is 11. The second-order valence-corrected chi connectivity index (χ2v) is 10.4. The molecular weight excluding hydrogens is 490 g/mol. The predicted molar refractivity (Wildman–Crippen MR) is 144 cm³/mol. The quantitative estimate of drug-likeness (QED) is 0.413. The van der Waals surface area contributed by atoms with Gasteiger partial charge in [-0.25, -0.2) is 8.42 Å². The zero-order chi connectivity index (χ0) is 27.0. The average Bonchev–Trinajstić information content (AvgIpc) is 2.91. The third-order valence-corrected chi connectivity index (χ3v) is 7.88. The van der Waals surface area contributed by atoms with E-state index in [-0.39, 0.29) is 17.3 Å². The average molecular weight is 524 g/mol. The van der Waals surface area contributed by atoms with E-state index in [1.165, 1.54) is 24.1 Å². The smallest absolute Gasteiger partial charge is 0.264 e. The molecule has 1 atom stereocenters. The van der Waals surface area contributed by atoms with E-state index in [0.29, 0.717) is 18.0 Å². The summed E-state index contributed by atoms with van der Waals surface area (Å²) < 4.78 is 33.7. The lowest BCUT2D eigenvalue weighted by Gasteiger charge is -2.32. The van der Waals surface area contributed by atoms with Crippen molar-refractivity contribution in [3.63, 3.8) is 0 Å². The van der Waals surface area contributed by atoms with E-state index in [4.69, 9.17) is 4.74 Å². The maximum atomic E-state index is 13.8. The summed E-state index contributed by atoms with van der Waals surface area (Å²) in [6, 6.07) is 21.2. The summed E-state index contributed by atoms with van der Waals surface area (Å²) in [5.74, 6) is -0.262. The lowest BCUT2D eigenvalue weighted by molar-refractivity contribution is -0.139. The Bertz CT molecular complexity index is 1310. The van der Waals surface area contributed by atoms with Gasteiger partial charge in [0.2, 0.25) is 11.8 Å². The lowest BCUT2D eigenvalue weighted by atomic mass is 10.1. The molecule has 1 N–H and O–H groups in total. The monoisotopic (exact) mass is 523 g/mol. The Morgan fingerprint density at radius 3 is 2.16 bits per heavy atom. The molecule has 3 aromatic rings. The van der Waals surface area contributed by atoms with Crippen LogP contribution in [0.25, 0.3) is 0 Å². The molecule has 3 aromatic carbocycles. The zero-order valence-electron chi connectivity index (χ0n) is 21.5. The van der Waals surface area contributed by atoms with Crippen molar-refractivity contribution in [1.82, 2.24) is 10.2 Å². The molecule has 0 saturated carbocycles. The minimum Gasteiger partial charge on any atom is -0.497 e. The summed E-state index contributed by atoms with van der Waals surface area (Å²) in [6.07, 6.45) is 0. The van der Waals surface area contributed by atoms with Crippen molar-refractivity contribution in [2.24, 2.45) is 0 Å². The molecule has 196 valence electrons. The minimum absolute atomic E-state index is 0.0563. The standard InChI is InChI=1S/C28H33N3O5S/c1-5-29-28(33)22(3)30(19-23-12-10-9-11-21(23)2)27(32)20-31(24-15-17-25(36-4)18-16-24)37(34,35)26-13-7-6-8-14-26/h6-18,22H,5,19-20H2,1-4H3,(H,29,33). The van der Waals surface area contributed by atoms with Crippen molar-refractivity contribution in [2.45, 2.75) is 38.3 Å². The summed E-state index contributed by atoms with van der Waals surface area (Å²) in [5, 5.41) is 2.76. The van der Waals surface area contributed by atoms with E-state index in [9.17, 15) is 18.0 Å². The van der Waals surface area contributed by atoms with Gasteiger partial charge in [0, 0.05) is 13.1 Å². The number of anilines is 1. The molecule has 0 saturated heterocycles. The summed E-state index contributed by atoms with van der Waals surface area (Å²) >= 11 is 0. The van der Waals surface area contributed by atoms with E-state index in [1.54, 1.807) is 56.3 Å². The van der Waals surface area contributed by atoms with Crippen LogP contribution in [0.15, 0.2) is 83.8 Å². The van der Waals surface area contributed by atoms with Crippen molar-refractivity contribution in [1.29, 1.82) is 0 Å². The largest absolute Gasteiger partial charge is 0.497 e. The molecule has 0 aliphatic carbocycles. The SMILES string of the molecule is CCNC(=O)C(C)N(Cc1ccccc1C)C(=O)CN(c1ccc(OC)cc1)S(=O)(=O)c1ccccc1. The van der Waals surface area contributed by atoms with Crippen molar-refractivity contribution in [3.8, 4) is 5.75 Å². The summed E-state index contributed by atoms with van der Waals surface area (Å²) in [4.78, 5) is 28.0. The summed E-state index contributed by atoms with van der Waals surface area (Å²) in [7, 11) is -2.58. The lowest BCUT2D eigenvalue weighted by Crippen LogP contribution is -2.51. The molecular formula is C28H33N3O5S. The highest BCUT2D eigenvalue weighted by atomic mass is 32.2. The second kappa shape index (κ2) is 12.4. The van der Waals surface area contributed by atoms with Gasteiger partial charge >= 0.3 is 0 Å². The maximum absolute atomic E-state index is 13.8. The number of sulfonamides is 1. The molecule has 0 fully saturated rings.